The molecule has 1 N–H and O–H groups in total. The van der Waals surface area contributed by atoms with Crippen LogP contribution in [0.5, 0.6) is 0 Å². The standard InChI is InChI=1S/C17H21IN2O3S/c1-20-8-10(9-23-24(2,21)22)6-12-11-4-3-5-14-16(11)13(7-15(12)20)17(18)19-14/h3-5,10,12,15,19H,6-9H2,1-2H3/t10?,12-,15-/m1/s1. The Balaban J connectivity index is 1.69. The van der Waals surface area contributed by atoms with Crippen LogP contribution in [-0.2, 0) is 20.7 Å². The molecule has 1 aliphatic carbocycles. The molecule has 0 radical (unpaired) electrons. The van der Waals surface area contributed by atoms with Crippen molar-refractivity contribution >= 4 is 43.6 Å². The third-order valence-electron chi connectivity index (χ3n) is 5.40. The SMILES string of the molecule is CN1CC(COS(C)(=O)=O)C[C@@H]2c3cccc4[nH]c(I)c(c34)C[C@H]21. The van der Waals surface area contributed by atoms with Crippen LogP contribution in [0.1, 0.15) is 23.5 Å². The summed E-state index contributed by atoms with van der Waals surface area (Å²) < 4.78 is 29.0. The van der Waals surface area contributed by atoms with E-state index in [1.165, 1.54) is 25.7 Å². The van der Waals surface area contributed by atoms with Gasteiger partial charge in [-0.05, 0) is 65.6 Å². The summed E-state index contributed by atoms with van der Waals surface area (Å²) in [7, 11) is -1.23. The van der Waals surface area contributed by atoms with Crippen molar-refractivity contribution in [1.82, 2.24) is 9.88 Å². The van der Waals surface area contributed by atoms with E-state index in [1.807, 2.05) is 0 Å². The van der Waals surface area contributed by atoms with Crippen molar-refractivity contribution in [2.24, 2.45) is 5.92 Å². The summed E-state index contributed by atoms with van der Waals surface area (Å²) in [6.07, 6.45) is 3.15. The number of nitrogens with one attached hydrogen (secondary N) is 1. The Labute approximate surface area is 156 Å². The van der Waals surface area contributed by atoms with Crippen LogP contribution >= 0.6 is 22.6 Å². The molecular formula is C17H21IN2O3S. The fourth-order valence-corrected chi connectivity index (χ4v) is 5.66. The number of aromatic amines is 1. The third-order valence-corrected chi connectivity index (χ3v) is 6.89. The van der Waals surface area contributed by atoms with Crippen molar-refractivity contribution in [3.8, 4) is 0 Å². The molecule has 1 aromatic heterocycles. The van der Waals surface area contributed by atoms with E-state index in [-0.39, 0.29) is 12.5 Å². The van der Waals surface area contributed by atoms with Gasteiger partial charge in [-0.2, -0.15) is 8.42 Å². The van der Waals surface area contributed by atoms with E-state index in [2.05, 4.69) is 57.7 Å². The quantitative estimate of drug-likeness (QED) is 0.566. The lowest BCUT2D eigenvalue weighted by Gasteiger charge is -2.45. The van der Waals surface area contributed by atoms with E-state index in [1.54, 1.807) is 0 Å². The number of likely N-dealkylation sites (tertiary alicyclic amines) is 1. The first kappa shape index (κ1) is 16.8. The molecule has 2 heterocycles. The number of aromatic nitrogens is 1. The van der Waals surface area contributed by atoms with Crippen LogP contribution in [0.3, 0.4) is 0 Å². The van der Waals surface area contributed by atoms with Gasteiger partial charge in [0.25, 0.3) is 10.1 Å². The number of H-pyrrole nitrogens is 1. The molecule has 1 fully saturated rings. The molecule has 0 amide bonds. The number of rotatable bonds is 3. The average Bonchev–Trinajstić information content (AvgIpc) is 2.83. The molecule has 4 rings (SSSR count). The summed E-state index contributed by atoms with van der Waals surface area (Å²) >= 11 is 2.40. The summed E-state index contributed by atoms with van der Waals surface area (Å²) in [6.45, 7) is 1.16. The zero-order valence-corrected chi connectivity index (χ0v) is 16.7. The van der Waals surface area contributed by atoms with Crippen LogP contribution in [0.4, 0.5) is 0 Å². The van der Waals surface area contributed by atoms with Gasteiger partial charge in [0.05, 0.1) is 16.6 Å². The minimum absolute atomic E-state index is 0.237. The summed E-state index contributed by atoms with van der Waals surface area (Å²) in [4.78, 5) is 5.89. The summed E-state index contributed by atoms with van der Waals surface area (Å²) in [6, 6.07) is 6.97. The lowest BCUT2D eigenvalue weighted by molar-refractivity contribution is 0.0855. The molecule has 24 heavy (non-hydrogen) atoms. The predicted molar refractivity (Wildman–Crippen MR) is 103 cm³/mol. The summed E-state index contributed by atoms with van der Waals surface area (Å²) in [5.41, 5.74) is 4.04. The second kappa shape index (κ2) is 5.96. The van der Waals surface area contributed by atoms with Gasteiger partial charge in [-0.1, -0.05) is 12.1 Å². The Morgan fingerprint density at radius 2 is 2.21 bits per heavy atom. The second-order valence-electron chi connectivity index (χ2n) is 7.10. The molecule has 1 aromatic carbocycles. The molecule has 5 nitrogen and oxygen atoms in total. The molecule has 1 saturated heterocycles. The smallest absolute Gasteiger partial charge is 0.264 e. The van der Waals surface area contributed by atoms with Crippen LogP contribution in [0.25, 0.3) is 10.9 Å². The first-order valence-corrected chi connectivity index (χ1v) is 11.1. The molecule has 0 bridgehead atoms. The topological polar surface area (TPSA) is 62.4 Å². The largest absolute Gasteiger partial charge is 0.350 e. The lowest BCUT2D eigenvalue weighted by atomic mass is 9.72. The number of fused-ring (bicyclic) bond motifs is 2. The fourth-order valence-electron chi connectivity index (χ4n) is 4.44. The van der Waals surface area contributed by atoms with Crippen molar-refractivity contribution in [3.63, 3.8) is 0 Å². The molecular weight excluding hydrogens is 439 g/mol. The maximum absolute atomic E-state index is 11.3. The van der Waals surface area contributed by atoms with E-state index in [9.17, 15) is 8.42 Å². The molecule has 0 saturated carbocycles. The zero-order valence-electron chi connectivity index (χ0n) is 13.8. The van der Waals surface area contributed by atoms with Crippen molar-refractivity contribution in [2.75, 3.05) is 26.5 Å². The molecule has 2 aliphatic rings. The van der Waals surface area contributed by atoms with Crippen molar-refractivity contribution < 1.29 is 12.6 Å². The summed E-state index contributed by atoms with van der Waals surface area (Å²) in [5, 5.41) is 1.38. The highest BCUT2D eigenvalue weighted by atomic mass is 127. The van der Waals surface area contributed by atoms with Gasteiger partial charge in [0.15, 0.2) is 0 Å². The predicted octanol–water partition coefficient (Wildman–Crippen LogP) is 2.71. The molecule has 1 aliphatic heterocycles. The highest BCUT2D eigenvalue weighted by molar-refractivity contribution is 14.1. The number of hydrogen-bond acceptors (Lipinski definition) is 4. The zero-order chi connectivity index (χ0) is 17.1. The van der Waals surface area contributed by atoms with Crippen LogP contribution in [0.15, 0.2) is 18.2 Å². The van der Waals surface area contributed by atoms with E-state index < -0.39 is 10.1 Å². The van der Waals surface area contributed by atoms with E-state index in [4.69, 9.17) is 4.18 Å². The average molecular weight is 460 g/mol. The number of piperidine rings is 1. The number of hydrogen-bond donors (Lipinski definition) is 1. The van der Waals surface area contributed by atoms with Crippen molar-refractivity contribution in [3.05, 3.63) is 33.0 Å². The van der Waals surface area contributed by atoms with Crippen LogP contribution in [0.2, 0.25) is 0 Å². The van der Waals surface area contributed by atoms with Crippen LogP contribution < -0.4 is 0 Å². The van der Waals surface area contributed by atoms with Crippen molar-refractivity contribution in [1.29, 1.82) is 0 Å². The van der Waals surface area contributed by atoms with Gasteiger partial charge in [-0.3, -0.25) is 4.18 Å². The minimum Gasteiger partial charge on any atom is -0.350 e. The highest BCUT2D eigenvalue weighted by Gasteiger charge is 2.40. The van der Waals surface area contributed by atoms with E-state index in [0.29, 0.717) is 12.0 Å². The van der Waals surface area contributed by atoms with Gasteiger partial charge in [-0.25, -0.2) is 0 Å². The Morgan fingerprint density at radius 3 is 2.96 bits per heavy atom. The third kappa shape index (κ3) is 2.89. The molecule has 1 unspecified atom stereocenters. The van der Waals surface area contributed by atoms with Gasteiger partial charge in [0.1, 0.15) is 0 Å². The molecule has 2 aromatic rings. The monoisotopic (exact) mass is 460 g/mol. The minimum atomic E-state index is -3.38. The van der Waals surface area contributed by atoms with Gasteiger partial charge in [-0.15, -0.1) is 0 Å². The Morgan fingerprint density at radius 1 is 1.42 bits per heavy atom. The van der Waals surface area contributed by atoms with Gasteiger partial charge < -0.3 is 9.88 Å². The first-order valence-electron chi connectivity index (χ1n) is 8.17. The Kier molecular flexibility index (Phi) is 4.18. The van der Waals surface area contributed by atoms with E-state index in [0.717, 1.165) is 25.6 Å². The lowest BCUT2D eigenvalue weighted by Crippen LogP contribution is -2.48. The number of nitrogens with zero attached hydrogens (tertiary/aromatic N) is 1. The van der Waals surface area contributed by atoms with Crippen molar-refractivity contribution in [2.45, 2.75) is 24.8 Å². The second-order valence-corrected chi connectivity index (χ2v) is 9.82. The summed E-state index contributed by atoms with van der Waals surface area (Å²) in [5.74, 6) is 0.667. The molecule has 130 valence electrons. The number of benzene rings is 1. The van der Waals surface area contributed by atoms with Gasteiger partial charge in [0, 0.05) is 29.4 Å². The Bertz CT molecular complexity index is 893. The van der Waals surface area contributed by atoms with Gasteiger partial charge >= 0.3 is 0 Å². The maximum Gasteiger partial charge on any atom is 0.264 e. The first-order chi connectivity index (χ1) is 11.3. The molecule has 0 spiro atoms. The number of likely N-dealkylation sites (N-methyl/N-ethyl adjacent to an activating group) is 1. The van der Waals surface area contributed by atoms with Gasteiger partial charge in [0.2, 0.25) is 0 Å². The molecule has 3 atom stereocenters. The van der Waals surface area contributed by atoms with Crippen LogP contribution in [0, 0.1) is 9.62 Å². The molecule has 7 heteroatoms. The highest BCUT2D eigenvalue weighted by Crippen LogP contribution is 2.45. The fraction of sp³-hybridized carbons (Fsp3) is 0.529. The maximum atomic E-state index is 11.3. The normalized spacial score (nSPS) is 27.4. The number of halogens is 1. The van der Waals surface area contributed by atoms with E-state index >= 15 is 0 Å². The Hall–Kier alpha value is -0.640. The van der Waals surface area contributed by atoms with Crippen LogP contribution in [-0.4, -0.2) is 50.8 Å².